The van der Waals surface area contributed by atoms with Crippen LogP contribution in [0.4, 0.5) is 0 Å². The summed E-state index contributed by atoms with van der Waals surface area (Å²) in [5.74, 6) is 0.580. The molecule has 0 aromatic heterocycles. The Morgan fingerprint density at radius 3 is 2.14 bits per heavy atom. The number of carbonyl (C=O) groups is 1. The SMILES string of the molecule is COc1ccc(C(=O)c2ccc(CO)cc2)c(CO)c1OC. The first-order valence-corrected chi connectivity index (χ1v) is 6.75. The van der Waals surface area contributed by atoms with Gasteiger partial charge in [0.15, 0.2) is 17.3 Å². The largest absolute Gasteiger partial charge is 0.493 e. The maximum Gasteiger partial charge on any atom is 0.193 e. The Morgan fingerprint density at radius 1 is 0.955 bits per heavy atom. The number of aliphatic hydroxyl groups excluding tert-OH is 2. The van der Waals surface area contributed by atoms with Crippen molar-refractivity contribution in [3.8, 4) is 11.5 Å². The van der Waals surface area contributed by atoms with Crippen LogP contribution in [0.3, 0.4) is 0 Å². The summed E-state index contributed by atoms with van der Waals surface area (Å²) in [5.41, 5.74) is 1.94. The summed E-state index contributed by atoms with van der Waals surface area (Å²) >= 11 is 0. The molecule has 2 aromatic rings. The zero-order valence-corrected chi connectivity index (χ0v) is 12.5. The Kier molecular flexibility index (Phi) is 5.14. The van der Waals surface area contributed by atoms with Gasteiger partial charge in [0.25, 0.3) is 0 Å². The lowest BCUT2D eigenvalue weighted by Gasteiger charge is -2.15. The lowest BCUT2D eigenvalue weighted by Crippen LogP contribution is -2.08. The third-order valence-corrected chi connectivity index (χ3v) is 3.45. The van der Waals surface area contributed by atoms with E-state index in [1.807, 2.05) is 0 Å². The van der Waals surface area contributed by atoms with Crippen LogP contribution < -0.4 is 9.47 Å². The highest BCUT2D eigenvalue weighted by atomic mass is 16.5. The highest BCUT2D eigenvalue weighted by Gasteiger charge is 2.20. The van der Waals surface area contributed by atoms with Crippen LogP contribution >= 0.6 is 0 Å². The maximum atomic E-state index is 12.6. The molecule has 5 nitrogen and oxygen atoms in total. The van der Waals surface area contributed by atoms with Gasteiger partial charge in [-0.3, -0.25) is 4.79 Å². The minimum absolute atomic E-state index is 0.0767. The lowest BCUT2D eigenvalue weighted by atomic mass is 9.97. The average molecular weight is 302 g/mol. The van der Waals surface area contributed by atoms with Crippen molar-refractivity contribution in [3.05, 3.63) is 58.7 Å². The number of ketones is 1. The summed E-state index contributed by atoms with van der Waals surface area (Å²) in [5, 5.41) is 18.7. The number of hydrogen-bond acceptors (Lipinski definition) is 5. The molecule has 0 heterocycles. The van der Waals surface area contributed by atoms with Gasteiger partial charge < -0.3 is 19.7 Å². The standard InChI is InChI=1S/C17H18O5/c1-21-15-8-7-13(14(10-19)17(15)22-2)16(20)12-5-3-11(9-18)4-6-12/h3-8,18-19H,9-10H2,1-2H3. The fourth-order valence-corrected chi connectivity index (χ4v) is 2.28. The summed E-state index contributed by atoms with van der Waals surface area (Å²) in [4.78, 5) is 12.6. The van der Waals surface area contributed by atoms with E-state index in [2.05, 4.69) is 0 Å². The molecule has 2 rings (SSSR count). The van der Waals surface area contributed by atoms with Crippen LogP contribution in [0.5, 0.6) is 11.5 Å². The molecule has 2 N–H and O–H groups in total. The number of rotatable bonds is 6. The minimum Gasteiger partial charge on any atom is -0.493 e. The molecule has 0 amide bonds. The molecule has 0 aliphatic rings. The number of carbonyl (C=O) groups excluding carboxylic acids is 1. The monoisotopic (exact) mass is 302 g/mol. The van der Waals surface area contributed by atoms with Gasteiger partial charge in [-0.2, -0.15) is 0 Å². The van der Waals surface area contributed by atoms with Crippen LogP contribution in [-0.2, 0) is 13.2 Å². The van der Waals surface area contributed by atoms with Crippen molar-refractivity contribution < 1.29 is 24.5 Å². The fraction of sp³-hybridized carbons (Fsp3) is 0.235. The Labute approximate surface area is 128 Å². The van der Waals surface area contributed by atoms with E-state index in [1.165, 1.54) is 14.2 Å². The number of ether oxygens (including phenoxy) is 2. The number of benzene rings is 2. The van der Waals surface area contributed by atoms with Crippen LogP contribution in [0.2, 0.25) is 0 Å². The normalized spacial score (nSPS) is 10.4. The highest BCUT2D eigenvalue weighted by molar-refractivity contribution is 6.10. The van der Waals surface area contributed by atoms with Crippen molar-refractivity contribution in [2.24, 2.45) is 0 Å². The predicted molar refractivity (Wildman–Crippen MR) is 81.3 cm³/mol. The van der Waals surface area contributed by atoms with Crippen LogP contribution in [0.15, 0.2) is 36.4 Å². The average Bonchev–Trinajstić information content (AvgIpc) is 2.59. The van der Waals surface area contributed by atoms with Gasteiger partial charge in [0, 0.05) is 16.7 Å². The van der Waals surface area contributed by atoms with Crippen LogP contribution in [0.1, 0.15) is 27.0 Å². The van der Waals surface area contributed by atoms with Crippen molar-refractivity contribution in [2.45, 2.75) is 13.2 Å². The van der Waals surface area contributed by atoms with E-state index in [4.69, 9.17) is 14.6 Å². The van der Waals surface area contributed by atoms with Crippen LogP contribution in [0, 0.1) is 0 Å². The highest BCUT2D eigenvalue weighted by Crippen LogP contribution is 2.34. The summed E-state index contributed by atoms with van der Waals surface area (Å²) < 4.78 is 10.4. The second-order valence-electron chi connectivity index (χ2n) is 4.67. The van der Waals surface area contributed by atoms with Crippen LogP contribution in [-0.4, -0.2) is 30.2 Å². The molecule has 0 saturated heterocycles. The Hall–Kier alpha value is -2.37. The molecule has 0 bridgehead atoms. The zero-order chi connectivity index (χ0) is 16.1. The topological polar surface area (TPSA) is 76.0 Å². The lowest BCUT2D eigenvalue weighted by molar-refractivity contribution is 0.103. The Balaban J connectivity index is 2.48. The third kappa shape index (κ3) is 2.95. The first kappa shape index (κ1) is 16.0. The summed E-state index contributed by atoms with van der Waals surface area (Å²) in [6.07, 6.45) is 0. The van der Waals surface area contributed by atoms with E-state index in [-0.39, 0.29) is 19.0 Å². The Bertz CT molecular complexity index is 661. The van der Waals surface area contributed by atoms with Gasteiger partial charge in [-0.25, -0.2) is 0 Å². The fourth-order valence-electron chi connectivity index (χ4n) is 2.28. The minimum atomic E-state index is -0.337. The summed E-state index contributed by atoms with van der Waals surface area (Å²) in [7, 11) is 2.95. The molecule has 5 heteroatoms. The molecular weight excluding hydrogens is 284 g/mol. The van der Waals surface area contributed by atoms with E-state index < -0.39 is 0 Å². The van der Waals surface area contributed by atoms with Gasteiger partial charge in [-0.05, 0) is 17.7 Å². The van der Waals surface area contributed by atoms with Crippen molar-refractivity contribution in [3.63, 3.8) is 0 Å². The van der Waals surface area contributed by atoms with E-state index in [1.54, 1.807) is 36.4 Å². The van der Waals surface area contributed by atoms with Crippen molar-refractivity contribution in [1.29, 1.82) is 0 Å². The van der Waals surface area contributed by atoms with Crippen molar-refractivity contribution >= 4 is 5.78 Å². The van der Waals surface area contributed by atoms with Gasteiger partial charge in [-0.15, -0.1) is 0 Å². The van der Waals surface area contributed by atoms with Gasteiger partial charge in [0.2, 0.25) is 0 Å². The molecule has 0 atom stereocenters. The van der Waals surface area contributed by atoms with Gasteiger partial charge in [0.1, 0.15) is 0 Å². The smallest absolute Gasteiger partial charge is 0.193 e. The zero-order valence-electron chi connectivity index (χ0n) is 12.5. The molecular formula is C17H18O5. The van der Waals surface area contributed by atoms with E-state index in [0.29, 0.717) is 28.2 Å². The first-order valence-electron chi connectivity index (χ1n) is 6.75. The summed E-state index contributed by atoms with van der Waals surface area (Å²) in [6, 6.07) is 9.90. The third-order valence-electron chi connectivity index (χ3n) is 3.45. The number of methoxy groups -OCH3 is 2. The Morgan fingerprint density at radius 2 is 1.64 bits per heavy atom. The summed E-state index contributed by atoms with van der Waals surface area (Å²) in [6.45, 7) is -0.414. The molecule has 2 aromatic carbocycles. The van der Waals surface area contributed by atoms with E-state index >= 15 is 0 Å². The molecule has 0 saturated carbocycles. The maximum absolute atomic E-state index is 12.6. The molecule has 0 spiro atoms. The molecule has 0 fully saturated rings. The predicted octanol–water partition coefficient (Wildman–Crippen LogP) is 1.92. The first-order chi connectivity index (χ1) is 10.7. The molecule has 116 valence electrons. The van der Waals surface area contributed by atoms with Crippen molar-refractivity contribution in [2.75, 3.05) is 14.2 Å². The number of hydrogen-bond donors (Lipinski definition) is 2. The molecule has 0 aliphatic carbocycles. The van der Waals surface area contributed by atoms with Crippen LogP contribution in [0.25, 0.3) is 0 Å². The van der Waals surface area contributed by atoms with Crippen molar-refractivity contribution in [1.82, 2.24) is 0 Å². The molecule has 22 heavy (non-hydrogen) atoms. The number of aliphatic hydroxyl groups is 2. The van der Waals surface area contributed by atoms with Gasteiger partial charge in [0.05, 0.1) is 27.4 Å². The quantitative estimate of drug-likeness (QED) is 0.797. The molecule has 0 radical (unpaired) electrons. The second-order valence-corrected chi connectivity index (χ2v) is 4.67. The van der Waals surface area contributed by atoms with E-state index in [0.717, 1.165) is 5.56 Å². The van der Waals surface area contributed by atoms with E-state index in [9.17, 15) is 9.90 Å². The molecule has 0 aliphatic heterocycles. The van der Waals surface area contributed by atoms with Gasteiger partial charge in [-0.1, -0.05) is 24.3 Å². The second kappa shape index (κ2) is 7.06. The van der Waals surface area contributed by atoms with Gasteiger partial charge >= 0.3 is 0 Å². The molecule has 0 unspecified atom stereocenters.